The molecule has 0 radical (unpaired) electrons. The molecule has 1 atom stereocenters. The van der Waals surface area contributed by atoms with Gasteiger partial charge in [-0.05, 0) is 0 Å². The summed E-state index contributed by atoms with van der Waals surface area (Å²) in [6, 6.07) is 0. The lowest BCUT2D eigenvalue weighted by Crippen LogP contribution is -2.26. The summed E-state index contributed by atoms with van der Waals surface area (Å²) in [5, 5.41) is 7.23. The molecule has 58 valence electrons. The molecule has 0 saturated carbocycles. The van der Waals surface area contributed by atoms with Crippen LogP contribution in [0.25, 0.3) is 0 Å². The average Bonchev–Trinajstić information content (AvgIpc) is 2.55. The van der Waals surface area contributed by atoms with Crippen molar-refractivity contribution in [3.05, 3.63) is 12.3 Å². The van der Waals surface area contributed by atoms with Gasteiger partial charge in [-0.2, -0.15) is 0 Å². The number of rotatable bonds is 1. The van der Waals surface area contributed by atoms with Crippen molar-refractivity contribution >= 4 is 28.3 Å². The van der Waals surface area contributed by atoms with Crippen molar-refractivity contribution in [1.82, 2.24) is 21.0 Å². The van der Waals surface area contributed by atoms with E-state index in [9.17, 15) is 0 Å². The molecule has 2 rings (SSSR count). The van der Waals surface area contributed by atoms with E-state index in [-0.39, 0.29) is 5.37 Å². The van der Waals surface area contributed by atoms with Crippen molar-refractivity contribution in [1.29, 1.82) is 0 Å². The third kappa shape index (κ3) is 1.35. The number of thiocarbonyl (C=S) groups is 1. The summed E-state index contributed by atoms with van der Waals surface area (Å²) in [5.41, 5.74) is 5.66. The monoisotopic (exact) mass is 188 g/mol. The van der Waals surface area contributed by atoms with Crippen LogP contribution in [0.1, 0.15) is 11.3 Å². The fourth-order valence-corrected chi connectivity index (χ4v) is 1.70. The number of hydrogen-bond donors (Lipinski definition) is 2. The van der Waals surface area contributed by atoms with Gasteiger partial charge in [0.1, 0.15) is 4.32 Å². The molecular formula is C4H4N4OS2. The molecule has 0 aliphatic carbocycles. The number of nitrogens with zero attached hydrogens (tertiary/aromatic N) is 2. The lowest BCUT2D eigenvalue weighted by atomic mass is 10.7. The van der Waals surface area contributed by atoms with E-state index < -0.39 is 0 Å². The van der Waals surface area contributed by atoms with Gasteiger partial charge in [-0.1, -0.05) is 24.0 Å². The molecule has 0 aromatic carbocycles. The zero-order valence-corrected chi connectivity index (χ0v) is 6.91. The largest absolute Gasteiger partial charge is 0.425 e. The number of hydrazine groups is 1. The average molecular weight is 188 g/mol. The molecule has 1 aromatic rings. The molecule has 0 bridgehead atoms. The Labute approximate surface area is 71.9 Å². The molecule has 1 unspecified atom stereocenters. The van der Waals surface area contributed by atoms with Gasteiger partial charge < -0.3 is 9.84 Å². The van der Waals surface area contributed by atoms with Gasteiger partial charge in [0.25, 0.3) is 0 Å². The first-order chi connectivity index (χ1) is 5.36. The van der Waals surface area contributed by atoms with Crippen molar-refractivity contribution in [3.8, 4) is 0 Å². The molecule has 2 heterocycles. The van der Waals surface area contributed by atoms with Crippen LogP contribution in [0.4, 0.5) is 0 Å². The Hall–Kier alpha value is -0.660. The maximum absolute atomic E-state index is 4.96. The Morgan fingerprint density at radius 2 is 2.64 bits per heavy atom. The summed E-state index contributed by atoms with van der Waals surface area (Å²) in [7, 11) is 0. The first-order valence-electron chi connectivity index (χ1n) is 2.84. The minimum absolute atomic E-state index is 0.0509. The highest BCUT2D eigenvalue weighted by molar-refractivity contribution is 8.23. The Morgan fingerprint density at radius 3 is 3.18 bits per heavy atom. The van der Waals surface area contributed by atoms with E-state index in [4.69, 9.17) is 16.6 Å². The van der Waals surface area contributed by atoms with Gasteiger partial charge in [0, 0.05) is 0 Å². The second kappa shape index (κ2) is 2.76. The Morgan fingerprint density at radius 1 is 1.73 bits per heavy atom. The lowest BCUT2D eigenvalue weighted by Gasteiger charge is -1.98. The number of hydrogen-bond acceptors (Lipinski definition) is 6. The maximum atomic E-state index is 4.96. The topological polar surface area (TPSA) is 63.0 Å². The normalized spacial score (nSPS) is 23.6. The van der Waals surface area contributed by atoms with E-state index in [1.54, 1.807) is 0 Å². The van der Waals surface area contributed by atoms with Crippen molar-refractivity contribution in [2.45, 2.75) is 5.37 Å². The summed E-state index contributed by atoms with van der Waals surface area (Å²) in [4.78, 5) is 0. The van der Waals surface area contributed by atoms with E-state index in [0.29, 0.717) is 10.2 Å². The van der Waals surface area contributed by atoms with E-state index in [2.05, 4.69) is 21.0 Å². The summed E-state index contributed by atoms with van der Waals surface area (Å²) in [6.45, 7) is 0. The van der Waals surface area contributed by atoms with Gasteiger partial charge in [-0.3, -0.25) is 0 Å². The van der Waals surface area contributed by atoms with Crippen molar-refractivity contribution in [2.24, 2.45) is 0 Å². The Bertz CT molecular complexity index is 261. The molecule has 0 spiro atoms. The zero-order valence-electron chi connectivity index (χ0n) is 5.27. The third-order valence-electron chi connectivity index (χ3n) is 1.13. The molecule has 7 heteroatoms. The van der Waals surface area contributed by atoms with Crippen LogP contribution >= 0.6 is 24.0 Å². The second-order valence-electron chi connectivity index (χ2n) is 1.83. The van der Waals surface area contributed by atoms with Crippen LogP contribution < -0.4 is 10.9 Å². The minimum atomic E-state index is -0.0509. The first kappa shape index (κ1) is 7.01. The van der Waals surface area contributed by atoms with Gasteiger partial charge in [-0.25, -0.2) is 5.43 Å². The molecule has 1 fully saturated rings. The smallest absolute Gasteiger partial charge is 0.245 e. The summed E-state index contributed by atoms with van der Waals surface area (Å²) in [6.07, 6.45) is 1.29. The van der Waals surface area contributed by atoms with Crippen molar-refractivity contribution in [2.75, 3.05) is 0 Å². The fraction of sp³-hybridized carbons (Fsp3) is 0.250. The van der Waals surface area contributed by atoms with Crippen molar-refractivity contribution in [3.63, 3.8) is 0 Å². The first-order valence-corrected chi connectivity index (χ1v) is 4.13. The lowest BCUT2D eigenvalue weighted by molar-refractivity contribution is 0.460. The van der Waals surface area contributed by atoms with E-state index in [1.165, 1.54) is 18.2 Å². The van der Waals surface area contributed by atoms with Crippen LogP contribution in [-0.4, -0.2) is 14.5 Å². The molecule has 1 aliphatic rings. The van der Waals surface area contributed by atoms with E-state index in [0.717, 1.165) is 0 Å². The molecule has 5 nitrogen and oxygen atoms in total. The van der Waals surface area contributed by atoms with E-state index >= 15 is 0 Å². The molecule has 0 amide bonds. The number of nitrogens with one attached hydrogen (secondary N) is 2. The number of thioether (sulfide) groups is 1. The van der Waals surface area contributed by atoms with Crippen LogP contribution in [0.2, 0.25) is 0 Å². The SMILES string of the molecule is S=C1NNC(c2nnco2)S1. The molecule has 11 heavy (non-hydrogen) atoms. The van der Waals surface area contributed by atoms with Crippen LogP contribution in [-0.2, 0) is 0 Å². The fourth-order valence-electron chi connectivity index (χ4n) is 0.698. The molecule has 1 saturated heterocycles. The predicted molar refractivity (Wildman–Crippen MR) is 43.5 cm³/mol. The molecule has 2 N–H and O–H groups in total. The van der Waals surface area contributed by atoms with Crippen LogP contribution in [0.15, 0.2) is 10.8 Å². The highest BCUT2D eigenvalue weighted by Crippen LogP contribution is 2.27. The van der Waals surface area contributed by atoms with Gasteiger partial charge in [0.05, 0.1) is 0 Å². The summed E-state index contributed by atoms with van der Waals surface area (Å²) >= 11 is 6.31. The predicted octanol–water partition coefficient (Wildman–Crippen LogP) is 0.194. The zero-order chi connectivity index (χ0) is 7.68. The van der Waals surface area contributed by atoms with Crippen molar-refractivity contribution < 1.29 is 4.42 Å². The highest BCUT2D eigenvalue weighted by Gasteiger charge is 2.24. The van der Waals surface area contributed by atoms with Gasteiger partial charge in [0.15, 0.2) is 5.37 Å². The van der Waals surface area contributed by atoms with Crippen LogP contribution in [0.3, 0.4) is 0 Å². The van der Waals surface area contributed by atoms with E-state index in [1.807, 2.05) is 0 Å². The maximum Gasteiger partial charge on any atom is 0.245 e. The van der Waals surface area contributed by atoms with Gasteiger partial charge in [0.2, 0.25) is 12.3 Å². The minimum Gasteiger partial charge on any atom is -0.425 e. The third-order valence-corrected chi connectivity index (χ3v) is 2.39. The number of aromatic nitrogens is 2. The summed E-state index contributed by atoms with van der Waals surface area (Å²) < 4.78 is 5.65. The van der Waals surface area contributed by atoms with Crippen LogP contribution in [0.5, 0.6) is 0 Å². The quantitative estimate of drug-likeness (QED) is 0.610. The highest BCUT2D eigenvalue weighted by atomic mass is 32.2. The van der Waals surface area contributed by atoms with Gasteiger partial charge >= 0.3 is 0 Å². The molecule has 1 aliphatic heterocycles. The summed E-state index contributed by atoms with van der Waals surface area (Å²) in [5.74, 6) is 0.530. The van der Waals surface area contributed by atoms with Gasteiger partial charge in [-0.15, -0.1) is 10.2 Å². The molecule has 1 aromatic heterocycles. The standard InChI is InChI=1S/C4H4N4OS2/c10-4-8-7-3(11-4)2-6-5-1-9-2/h1,3,7H,(H,8,10). The van der Waals surface area contributed by atoms with Crippen LogP contribution in [0, 0.1) is 0 Å². The second-order valence-corrected chi connectivity index (χ2v) is 3.61. The molecular weight excluding hydrogens is 184 g/mol. The Balaban J connectivity index is 2.13. The Kier molecular flexibility index (Phi) is 1.76.